The van der Waals surface area contributed by atoms with Crippen LogP contribution in [0.15, 0.2) is 71.8 Å². The zero-order valence-electron chi connectivity index (χ0n) is 15.3. The van der Waals surface area contributed by atoms with Gasteiger partial charge in [0.2, 0.25) is 0 Å². The summed E-state index contributed by atoms with van der Waals surface area (Å²) in [7, 11) is -3.75. The first-order valence-corrected chi connectivity index (χ1v) is 10.4. The fourth-order valence-electron chi connectivity index (χ4n) is 3.27. The number of carbonyl (C=O) groups is 1. The highest BCUT2D eigenvalue weighted by Gasteiger charge is 2.21. The minimum absolute atomic E-state index is 0.0926. The van der Waals surface area contributed by atoms with Crippen molar-refractivity contribution in [2.75, 3.05) is 16.2 Å². The molecule has 1 aliphatic heterocycles. The average molecular weight is 393 g/mol. The number of benzene rings is 2. The van der Waals surface area contributed by atoms with Gasteiger partial charge in [-0.2, -0.15) is 0 Å². The number of anilines is 3. The third kappa shape index (κ3) is 3.48. The molecule has 4 rings (SSSR count). The van der Waals surface area contributed by atoms with Gasteiger partial charge < -0.3 is 4.90 Å². The molecule has 3 aromatic rings. The van der Waals surface area contributed by atoms with Crippen molar-refractivity contribution in [3.05, 3.63) is 78.0 Å². The Morgan fingerprint density at radius 1 is 1.04 bits per heavy atom. The van der Waals surface area contributed by atoms with Gasteiger partial charge in [-0.3, -0.25) is 9.52 Å². The fraction of sp³-hybridized carbons (Fsp3) is 0.143. The van der Waals surface area contributed by atoms with Gasteiger partial charge in [0.15, 0.2) is 5.78 Å². The van der Waals surface area contributed by atoms with Gasteiger partial charge >= 0.3 is 0 Å². The molecule has 28 heavy (non-hydrogen) atoms. The number of nitrogens with one attached hydrogen (secondary N) is 1. The summed E-state index contributed by atoms with van der Waals surface area (Å²) >= 11 is 0. The van der Waals surface area contributed by atoms with Crippen molar-refractivity contribution in [1.29, 1.82) is 0 Å². The maximum atomic E-state index is 12.6. The summed E-state index contributed by atoms with van der Waals surface area (Å²) in [5, 5.41) is 0. The van der Waals surface area contributed by atoms with Crippen LogP contribution in [0.4, 0.5) is 17.2 Å². The number of pyridine rings is 1. The van der Waals surface area contributed by atoms with E-state index in [1.54, 1.807) is 12.1 Å². The van der Waals surface area contributed by atoms with Crippen molar-refractivity contribution in [3.63, 3.8) is 0 Å². The molecule has 1 aromatic heterocycles. The van der Waals surface area contributed by atoms with Crippen LogP contribution in [0.5, 0.6) is 0 Å². The van der Waals surface area contributed by atoms with E-state index >= 15 is 0 Å². The number of rotatable bonds is 5. The Kier molecular flexibility index (Phi) is 4.60. The SMILES string of the molecule is CC(=O)c1ccc(S(=O)(=O)Nc2ccc(N3CCc4ccccc43)nc2)cc1. The van der Waals surface area contributed by atoms with Crippen LogP contribution < -0.4 is 9.62 Å². The molecule has 0 bridgehead atoms. The lowest BCUT2D eigenvalue weighted by atomic mass is 10.2. The van der Waals surface area contributed by atoms with Gasteiger partial charge in [0.05, 0.1) is 16.8 Å². The number of hydrogen-bond donors (Lipinski definition) is 1. The van der Waals surface area contributed by atoms with E-state index in [0.29, 0.717) is 11.3 Å². The summed E-state index contributed by atoms with van der Waals surface area (Å²) in [6.07, 6.45) is 2.47. The van der Waals surface area contributed by atoms with Gasteiger partial charge in [-0.05, 0) is 49.2 Å². The number of para-hydroxylation sites is 1. The Bertz CT molecular complexity index is 1120. The van der Waals surface area contributed by atoms with Crippen molar-refractivity contribution < 1.29 is 13.2 Å². The maximum Gasteiger partial charge on any atom is 0.261 e. The first-order valence-electron chi connectivity index (χ1n) is 8.89. The highest BCUT2D eigenvalue weighted by atomic mass is 32.2. The lowest BCUT2D eigenvalue weighted by Crippen LogP contribution is -2.16. The standard InChI is InChI=1S/C21H19N3O3S/c1-15(25)16-6-9-19(10-7-16)28(26,27)23-18-8-11-21(22-14-18)24-13-12-17-4-2-3-5-20(17)24/h2-11,14,23H,12-13H2,1H3. The molecule has 0 unspecified atom stereocenters. The van der Waals surface area contributed by atoms with E-state index in [1.165, 1.54) is 42.9 Å². The Hall–Kier alpha value is -3.19. The number of ketones is 1. The van der Waals surface area contributed by atoms with Gasteiger partial charge in [-0.15, -0.1) is 0 Å². The van der Waals surface area contributed by atoms with E-state index in [9.17, 15) is 13.2 Å². The molecular formula is C21H19N3O3S. The molecule has 0 fully saturated rings. The van der Waals surface area contributed by atoms with E-state index in [-0.39, 0.29) is 10.7 Å². The van der Waals surface area contributed by atoms with Crippen LogP contribution in [0.25, 0.3) is 0 Å². The molecule has 7 heteroatoms. The predicted molar refractivity (Wildman–Crippen MR) is 109 cm³/mol. The largest absolute Gasteiger partial charge is 0.326 e. The monoisotopic (exact) mass is 393 g/mol. The molecule has 0 spiro atoms. The summed E-state index contributed by atoms with van der Waals surface area (Å²) in [6.45, 7) is 2.29. The molecule has 0 saturated heterocycles. The van der Waals surface area contributed by atoms with Gasteiger partial charge in [0, 0.05) is 17.8 Å². The van der Waals surface area contributed by atoms with Gasteiger partial charge in [-0.25, -0.2) is 13.4 Å². The molecule has 1 aliphatic rings. The zero-order valence-corrected chi connectivity index (χ0v) is 16.1. The Balaban J connectivity index is 1.52. The summed E-state index contributed by atoms with van der Waals surface area (Å²) < 4.78 is 27.6. The number of sulfonamides is 1. The molecule has 0 saturated carbocycles. The second kappa shape index (κ2) is 7.09. The minimum Gasteiger partial charge on any atom is -0.326 e. The number of fused-ring (bicyclic) bond motifs is 1. The van der Waals surface area contributed by atoms with Crippen LogP contribution in [0.2, 0.25) is 0 Å². The first-order chi connectivity index (χ1) is 13.4. The number of aromatic nitrogens is 1. The van der Waals surface area contributed by atoms with Crippen molar-refractivity contribution in [2.45, 2.75) is 18.2 Å². The third-order valence-corrected chi connectivity index (χ3v) is 6.13. The molecule has 0 radical (unpaired) electrons. The minimum atomic E-state index is -3.75. The van der Waals surface area contributed by atoms with Crippen LogP contribution in [0.1, 0.15) is 22.8 Å². The second-order valence-corrected chi connectivity index (χ2v) is 8.30. The molecule has 142 valence electrons. The fourth-order valence-corrected chi connectivity index (χ4v) is 4.31. The van der Waals surface area contributed by atoms with Crippen molar-refractivity contribution >= 4 is 33.0 Å². The zero-order chi connectivity index (χ0) is 19.7. The van der Waals surface area contributed by atoms with Gasteiger partial charge in [0.1, 0.15) is 5.82 Å². The number of Topliss-reactive ketones (excluding diaryl/α,β-unsaturated/α-hetero) is 1. The van der Waals surface area contributed by atoms with E-state index in [2.05, 4.69) is 26.7 Å². The van der Waals surface area contributed by atoms with Crippen LogP contribution >= 0.6 is 0 Å². The van der Waals surface area contributed by atoms with Crippen molar-refractivity contribution in [1.82, 2.24) is 4.98 Å². The van der Waals surface area contributed by atoms with E-state index < -0.39 is 10.0 Å². The Morgan fingerprint density at radius 2 is 1.79 bits per heavy atom. The van der Waals surface area contributed by atoms with Crippen molar-refractivity contribution in [2.24, 2.45) is 0 Å². The molecule has 2 aromatic carbocycles. The van der Waals surface area contributed by atoms with E-state index in [0.717, 1.165) is 24.5 Å². The second-order valence-electron chi connectivity index (χ2n) is 6.62. The lowest BCUT2D eigenvalue weighted by molar-refractivity contribution is 0.101. The third-order valence-electron chi connectivity index (χ3n) is 4.73. The normalized spacial score (nSPS) is 13.2. The van der Waals surface area contributed by atoms with Gasteiger partial charge in [0.25, 0.3) is 10.0 Å². The van der Waals surface area contributed by atoms with Crippen LogP contribution in [0.3, 0.4) is 0 Å². The van der Waals surface area contributed by atoms with E-state index in [4.69, 9.17) is 0 Å². The molecule has 1 N–H and O–H groups in total. The highest BCUT2D eigenvalue weighted by molar-refractivity contribution is 7.92. The van der Waals surface area contributed by atoms with Crippen LogP contribution in [0, 0.1) is 0 Å². The summed E-state index contributed by atoms with van der Waals surface area (Å²) in [5.41, 5.74) is 3.26. The quantitative estimate of drug-likeness (QED) is 0.668. The van der Waals surface area contributed by atoms with E-state index in [1.807, 2.05) is 12.1 Å². The topological polar surface area (TPSA) is 79.4 Å². The average Bonchev–Trinajstić information content (AvgIpc) is 3.12. The van der Waals surface area contributed by atoms with Crippen LogP contribution in [-0.4, -0.2) is 25.7 Å². The molecule has 0 aliphatic carbocycles. The first kappa shape index (κ1) is 18.2. The smallest absolute Gasteiger partial charge is 0.261 e. The highest BCUT2D eigenvalue weighted by Crippen LogP contribution is 2.33. The molecule has 0 amide bonds. The Labute approximate surface area is 163 Å². The Morgan fingerprint density at radius 3 is 2.46 bits per heavy atom. The van der Waals surface area contributed by atoms with Crippen molar-refractivity contribution in [3.8, 4) is 0 Å². The van der Waals surface area contributed by atoms with Crippen LogP contribution in [-0.2, 0) is 16.4 Å². The molecule has 2 heterocycles. The predicted octanol–water partition coefficient (Wildman–Crippen LogP) is 3.78. The number of carbonyl (C=O) groups excluding carboxylic acids is 1. The summed E-state index contributed by atoms with van der Waals surface area (Å²) in [4.78, 5) is 18.0. The summed E-state index contributed by atoms with van der Waals surface area (Å²) in [6, 6.07) is 17.5. The molecule has 0 atom stereocenters. The number of nitrogens with zero attached hydrogens (tertiary/aromatic N) is 2. The van der Waals surface area contributed by atoms with Gasteiger partial charge in [-0.1, -0.05) is 30.3 Å². The molecule has 6 nitrogen and oxygen atoms in total. The lowest BCUT2D eigenvalue weighted by Gasteiger charge is -2.18. The maximum absolute atomic E-state index is 12.6. The number of hydrogen-bond acceptors (Lipinski definition) is 5. The molecular weight excluding hydrogens is 374 g/mol. The summed E-state index contributed by atoms with van der Waals surface area (Å²) in [5.74, 6) is 0.666.